The van der Waals surface area contributed by atoms with Crippen LogP contribution in [0.3, 0.4) is 0 Å². The first kappa shape index (κ1) is 13.9. The highest BCUT2D eigenvalue weighted by atomic mass is 19.1. The maximum atomic E-state index is 13.6. The summed E-state index contributed by atoms with van der Waals surface area (Å²) >= 11 is 0. The van der Waals surface area contributed by atoms with Crippen LogP contribution in [-0.2, 0) is 7.05 Å². The van der Waals surface area contributed by atoms with Gasteiger partial charge in [0.1, 0.15) is 22.9 Å². The molecular formula is C14H11F2N5O. The number of nitrogens with one attached hydrogen (secondary N) is 2. The summed E-state index contributed by atoms with van der Waals surface area (Å²) in [6.45, 7) is 0. The van der Waals surface area contributed by atoms with E-state index in [0.29, 0.717) is 16.9 Å². The lowest BCUT2D eigenvalue weighted by Gasteiger charge is -2.06. The largest absolute Gasteiger partial charge is 0.319 e. The van der Waals surface area contributed by atoms with Crippen molar-refractivity contribution < 1.29 is 13.6 Å². The average Bonchev–Trinajstić information content (AvgIpc) is 3.07. The minimum atomic E-state index is -0.927. The Bertz CT molecular complexity index is 819. The molecule has 0 saturated carbocycles. The predicted octanol–water partition coefficient (Wildman–Crippen LogP) is 2.34. The second-order valence-electron chi connectivity index (χ2n) is 4.60. The van der Waals surface area contributed by atoms with Gasteiger partial charge in [-0.1, -0.05) is 6.07 Å². The number of halogens is 2. The van der Waals surface area contributed by atoms with E-state index < -0.39 is 23.1 Å². The van der Waals surface area contributed by atoms with Crippen molar-refractivity contribution in [3.8, 4) is 11.3 Å². The zero-order valence-corrected chi connectivity index (χ0v) is 11.5. The Kier molecular flexibility index (Phi) is 3.42. The fourth-order valence-electron chi connectivity index (χ4n) is 2.05. The Morgan fingerprint density at radius 3 is 2.68 bits per heavy atom. The van der Waals surface area contributed by atoms with E-state index >= 15 is 0 Å². The van der Waals surface area contributed by atoms with Crippen LogP contribution in [0.4, 0.5) is 14.5 Å². The number of aromatic nitrogens is 4. The van der Waals surface area contributed by atoms with Crippen molar-refractivity contribution in [1.29, 1.82) is 0 Å². The maximum Gasteiger partial charge on any atom is 0.261 e. The molecule has 0 unspecified atom stereocenters. The minimum Gasteiger partial charge on any atom is -0.319 e. The summed E-state index contributed by atoms with van der Waals surface area (Å²) in [5.41, 5.74) is 0.757. The molecule has 0 aliphatic carbocycles. The van der Waals surface area contributed by atoms with E-state index in [1.165, 1.54) is 12.3 Å². The number of hydrogen-bond donors (Lipinski definition) is 2. The zero-order chi connectivity index (χ0) is 15.7. The summed E-state index contributed by atoms with van der Waals surface area (Å²) in [6.07, 6.45) is 4.70. The molecule has 8 heteroatoms. The third-order valence-electron chi connectivity index (χ3n) is 3.06. The lowest BCUT2D eigenvalue weighted by molar-refractivity contribution is 0.101. The fourth-order valence-corrected chi connectivity index (χ4v) is 2.05. The van der Waals surface area contributed by atoms with Gasteiger partial charge in [-0.15, -0.1) is 0 Å². The minimum absolute atomic E-state index is 0.306. The monoisotopic (exact) mass is 303 g/mol. The van der Waals surface area contributed by atoms with Gasteiger partial charge in [0.15, 0.2) is 0 Å². The SMILES string of the molecule is Cn1cc(-c2n[nH]cc2NC(=O)c2c(F)cccc2F)cn1. The molecule has 0 saturated heterocycles. The van der Waals surface area contributed by atoms with E-state index in [2.05, 4.69) is 20.6 Å². The molecule has 0 atom stereocenters. The lowest BCUT2D eigenvalue weighted by Crippen LogP contribution is -2.15. The Balaban J connectivity index is 1.91. The molecule has 2 heterocycles. The first-order valence-corrected chi connectivity index (χ1v) is 6.34. The van der Waals surface area contributed by atoms with Crippen molar-refractivity contribution in [2.75, 3.05) is 5.32 Å². The highest BCUT2D eigenvalue weighted by molar-refractivity contribution is 6.06. The highest BCUT2D eigenvalue weighted by Crippen LogP contribution is 2.25. The zero-order valence-electron chi connectivity index (χ0n) is 11.5. The van der Waals surface area contributed by atoms with Crippen molar-refractivity contribution in [3.63, 3.8) is 0 Å². The van der Waals surface area contributed by atoms with Gasteiger partial charge in [0, 0.05) is 25.0 Å². The Labute approximate surface area is 123 Å². The van der Waals surface area contributed by atoms with Crippen LogP contribution >= 0.6 is 0 Å². The Morgan fingerprint density at radius 2 is 2.05 bits per heavy atom. The molecule has 6 nitrogen and oxygen atoms in total. The van der Waals surface area contributed by atoms with Crippen LogP contribution in [0.2, 0.25) is 0 Å². The van der Waals surface area contributed by atoms with Crippen LogP contribution < -0.4 is 5.32 Å². The van der Waals surface area contributed by atoms with E-state index in [4.69, 9.17) is 0 Å². The smallest absolute Gasteiger partial charge is 0.261 e. The van der Waals surface area contributed by atoms with E-state index in [1.807, 2.05) is 0 Å². The van der Waals surface area contributed by atoms with Gasteiger partial charge < -0.3 is 5.32 Å². The molecule has 0 bridgehead atoms. The number of nitrogens with zero attached hydrogens (tertiary/aromatic N) is 3. The van der Waals surface area contributed by atoms with E-state index in [0.717, 1.165) is 12.1 Å². The molecule has 22 heavy (non-hydrogen) atoms. The second-order valence-corrected chi connectivity index (χ2v) is 4.60. The normalized spacial score (nSPS) is 10.7. The first-order valence-electron chi connectivity index (χ1n) is 6.34. The standard InChI is InChI=1S/C14H11F2N5O/c1-21-7-8(5-18-21)13-11(6-17-20-13)19-14(22)12-9(15)3-2-4-10(12)16/h2-7H,1H3,(H,17,20)(H,19,22). The molecule has 2 N–H and O–H groups in total. The average molecular weight is 303 g/mol. The molecule has 0 aliphatic heterocycles. The first-order chi connectivity index (χ1) is 10.6. The predicted molar refractivity (Wildman–Crippen MR) is 75.1 cm³/mol. The van der Waals surface area contributed by atoms with Crippen molar-refractivity contribution in [3.05, 3.63) is 54.0 Å². The number of aryl methyl sites for hydroxylation is 1. The fraction of sp³-hybridized carbons (Fsp3) is 0.0714. The summed E-state index contributed by atoms with van der Waals surface area (Å²) in [4.78, 5) is 12.1. The summed E-state index contributed by atoms with van der Waals surface area (Å²) < 4.78 is 28.8. The molecule has 1 aromatic carbocycles. The van der Waals surface area contributed by atoms with Gasteiger partial charge in [-0.3, -0.25) is 14.6 Å². The van der Waals surface area contributed by atoms with Gasteiger partial charge in [0.2, 0.25) is 0 Å². The molecular weight excluding hydrogens is 292 g/mol. The van der Waals surface area contributed by atoms with Crippen LogP contribution in [-0.4, -0.2) is 25.9 Å². The molecule has 0 spiro atoms. The van der Waals surface area contributed by atoms with E-state index in [9.17, 15) is 13.6 Å². The topological polar surface area (TPSA) is 75.6 Å². The van der Waals surface area contributed by atoms with Gasteiger partial charge in [-0.2, -0.15) is 10.2 Å². The van der Waals surface area contributed by atoms with Crippen molar-refractivity contribution >= 4 is 11.6 Å². The van der Waals surface area contributed by atoms with Crippen molar-refractivity contribution in [2.45, 2.75) is 0 Å². The molecule has 1 amide bonds. The number of hydrogen-bond acceptors (Lipinski definition) is 3. The third kappa shape index (κ3) is 2.46. The van der Waals surface area contributed by atoms with Crippen LogP contribution in [0.5, 0.6) is 0 Å². The molecule has 3 aromatic rings. The number of aromatic amines is 1. The van der Waals surface area contributed by atoms with Gasteiger partial charge in [0.05, 0.1) is 11.9 Å². The number of anilines is 1. The molecule has 112 valence electrons. The second kappa shape index (κ2) is 5.40. The molecule has 0 fully saturated rings. The Hall–Kier alpha value is -3.03. The summed E-state index contributed by atoms with van der Waals surface area (Å²) in [5.74, 6) is -2.74. The van der Waals surface area contributed by atoms with Gasteiger partial charge in [-0.05, 0) is 12.1 Å². The number of carbonyl (C=O) groups excluding carboxylic acids is 1. The Morgan fingerprint density at radius 1 is 1.32 bits per heavy atom. The number of amides is 1. The number of rotatable bonds is 3. The molecule has 0 radical (unpaired) electrons. The highest BCUT2D eigenvalue weighted by Gasteiger charge is 2.19. The van der Waals surface area contributed by atoms with Crippen LogP contribution in [0.1, 0.15) is 10.4 Å². The number of H-pyrrole nitrogens is 1. The quantitative estimate of drug-likeness (QED) is 0.780. The van der Waals surface area contributed by atoms with Crippen LogP contribution in [0.15, 0.2) is 36.8 Å². The molecule has 3 rings (SSSR count). The lowest BCUT2D eigenvalue weighted by atomic mass is 10.1. The molecule has 2 aromatic heterocycles. The third-order valence-corrected chi connectivity index (χ3v) is 3.06. The number of benzene rings is 1. The molecule has 0 aliphatic rings. The van der Waals surface area contributed by atoms with E-state index in [-0.39, 0.29) is 0 Å². The summed E-state index contributed by atoms with van der Waals surface area (Å²) in [5, 5.41) is 13.1. The number of carbonyl (C=O) groups is 1. The van der Waals surface area contributed by atoms with Crippen molar-refractivity contribution in [1.82, 2.24) is 20.0 Å². The summed E-state index contributed by atoms with van der Waals surface area (Å²) in [6, 6.07) is 3.24. The maximum absolute atomic E-state index is 13.6. The van der Waals surface area contributed by atoms with Gasteiger partial charge in [-0.25, -0.2) is 8.78 Å². The van der Waals surface area contributed by atoms with Crippen molar-refractivity contribution in [2.24, 2.45) is 7.05 Å². The van der Waals surface area contributed by atoms with E-state index in [1.54, 1.807) is 24.1 Å². The summed E-state index contributed by atoms with van der Waals surface area (Å²) in [7, 11) is 1.74. The van der Waals surface area contributed by atoms with Gasteiger partial charge in [0.25, 0.3) is 5.91 Å². The van der Waals surface area contributed by atoms with Crippen LogP contribution in [0.25, 0.3) is 11.3 Å². The van der Waals surface area contributed by atoms with Crippen LogP contribution in [0, 0.1) is 11.6 Å². The van der Waals surface area contributed by atoms with Gasteiger partial charge >= 0.3 is 0 Å².